The van der Waals surface area contributed by atoms with Gasteiger partial charge in [-0.3, -0.25) is 24.0 Å². The molecule has 0 radical (unpaired) electrons. The Labute approximate surface area is 209 Å². The van der Waals surface area contributed by atoms with Crippen LogP contribution in [0.15, 0.2) is 30.5 Å². The summed E-state index contributed by atoms with van der Waals surface area (Å²) >= 11 is 0. The van der Waals surface area contributed by atoms with Crippen LogP contribution >= 0.6 is 0 Å². The first-order valence-electron chi connectivity index (χ1n) is 11.0. The van der Waals surface area contributed by atoms with Crippen molar-refractivity contribution in [2.75, 3.05) is 6.61 Å². The molecule has 4 atom stereocenters. The summed E-state index contributed by atoms with van der Waals surface area (Å²) in [6.45, 7) is -0.708. The van der Waals surface area contributed by atoms with E-state index in [1.807, 2.05) is 5.32 Å². The molecule has 0 spiro atoms. The molecule has 0 aliphatic heterocycles. The van der Waals surface area contributed by atoms with Gasteiger partial charge in [-0.05, 0) is 11.6 Å². The maximum absolute atomic E-state index is 13.2. The van der Waals surface area contributed by atoms with E-state index in [1.54, 1.807) is 30.5 Å². The van der Waals surface area contributed by atoms with Crippen molar-refractivity contribution in [3.8, 4) is 0 Å². The largest absolute Gasteiger partial charge is 0.481 e. The van der Waals surface area contributed by atoms with E-state index in [0.29, 0.717) is 5.56 Å². The summed E-state index contributed by atoms with van der Waals surface area (Å²) in [7, 11) is 0. The molecule has 0 aliphatic carbocycles. The highest BCUT2D eigenvalue weighted by molar-refractivity contribution is 5.97. The molecule has 0 fully saturated rings. The number of carbonyl (C=O) groups is 6. The zero-order valence-electron chi connectivity index (χ0n) is 19.5. The van der Waals surface area contributed by atoms with Crippen LogP contribution in [-0.2, 0) is 35.2 Å². The van der Waals surface area contributed by atoms with Gasteiger partial charge in [-0.2, -0.15) is 0 Å². The zero-order chi connectivity index (χ0) is 27.7. The van der Waals surface area contributed by atoms with Crippen LogP contribution in [0, 0.1) is 0 Å². The van der Waals surface area contributed by atoms with Gasteiger partial charge in [0.05, 0.1) is 19.4 Å². The van der Waals surface area contributed by atoms with E-state index in [4.69, 9.17) is 21.7 Å². The predicted molar refractivity (Wildman–Crippen MR) is 127 cm³/mol. The van der Waals surface area contributed by atoms with Crippen molar-refractivity contribution in [3.63, 3.8) is 0 Å². The number of aliphatic hydroxyl groups is 1. The molecule has 1 aromatic carbocycles. The highest BCUT2D eigenvalue weighted by atomic mass is 16.4. The number of H-pyrrole nitrogens is 1. The number of hydrogen-bond donors (Lipinski definition) is 9. The van der Waals surface area contributed by atoms with Gasteiger partial charge >= 0.3 is 11.9 Å². The van der Waals surface area contributed by atoms with Gasteiger partial charge in [-0.1, -0.05) is 18.2 Å². The van der Waals surface area contributed by atoms with Crippen molar-refractivity contribution in [1.29, 1.82) is 0 Å². The van der Waals surface area contributed by atoms with Crippen molar-refractivity contribution >= 4 is 46.5 Å². The van der Waals surface area contributed by atoms with Crippen molar-refractivity contribution in [2.24, 2.45) is 11.5 Å². The molecule has 0 aliphatic rings. The van der Waals surface area contributed by atoms with Crippen molar-refractivity contribution in [2.45, 2.75) is 43.4 Å². The number of benzene rings is 1. The Morgan fingerprint density at radius 1 is 0.865 bits per heavy atom. The maximum atomic E-state index is 13.2. The van der Waals surface area contributed by atoms with Crippen LogP contribution in [0.2, 0.25) is 0 Å². The minimum atomic E-state index is -1.85. The molecule has 200 valence electrons. The second kappa shape index (κ2) is 13.0. The summed E-state index contributed by atoms with van der Waals surface area (Å²) in [6, 6.07) is 0.884. The van der Waals surface area contributed by atoms with Gasteiger partial charge in [0.2, 0.25) is 23.6 Å². The second-order valence-electron chi connectivity index (χ2n) is 8.14. The Hall–Kier alpha value is -4.50. The number of amides is 4. The molecular weight excluding hydrogens is 492 g/mol. The summed E-state index contributed by atoms with van der Waals surface area (Å²) in [5.74, 6) is -7.18. The topological polar surface area (TPSA) is 267 Å². The number of aromatic amines is 1. The van der Waals surface area contributed by atoms with Gasteiger partial charge in [0.15, 0.2) is 0 Å². The van der Waals surface area contributed by atoms with E-state index in [9.17, 15) is 33.9 Å². The van der Waals surface area contributed by atoms with Crippen LogP contribution in [0.25, 0.3) is 10.9 Å². The van der Waals surface area contributed by atoms with E-state index in [-0.39, 0.29) is 6.42 Å². The van der Waals surface area contributed by atoms with E-state index in [1.165, 1.54) is 0 Å². The smallest absolute Gasteiger partial charge is 0.326 e. The Bertz CT molecular complexity index is 1180. The molecule has 11 N–H and O–H groups in total. The van der Waals surface area contributed by atoms with Gasteiger partial charge in [-0.15, -0.1) is 0 Å². The Kier molecular flexibility index (Phi) is 10.1. The van der Waals surface area contributed by atoms with Crippen LogP contribution in [0.5, 0.6) is 0 Å². The van der Waals surface area contributed by atoms with Crippen molar-refractivity contribution in [1.82, 2.24) is 20.9 Å². The Balaban J connectivity index is 2.30. The third-order valence-electron chi connectivity index (χ3n) is 5.30. The Morgan fingerprint density at radius 2 is 1.46 bits per heavy atom. The number of rotatable bonds is 14. The minimum absolute atomic E-state index is 0.0958. The van der Waals surface area contributed by atoms with Gasteiger partial charge in [0.25, 0.3) is 0 Å². The third kappa shape index (κ3) is 8.29. The number of carbonyl (C=O) groups excluding carboxylic acids is 4. The van der Waals surface area contributed by atoms with Crippen molar-refractivity contribution < 1.29 is 44.1 Å². The molecule has 0 bridgehead atoms. The fourth-order valence-corrected chi connectivity index (χ4v) is 3.42. The molecule has 2 aromatic rings. The third-order valence-corrected chi connectivity index (χ3v) is 5.30. The number of para-hydroxylation sites is 1. The number of carboxylic acids is 2. The van der Waals surface area contributed by atoms with Gasteiger partial charge < -0.3 is 47.7 Å². The van der Waals surface area contributed by atoms with Crippen LogP contribution in [0.4, 0.5) is 0 Å². The lowest BCUT2D eigenvalue weighted by molar-refractivity contribution is -0.147. The molecule has 2 rings (SSSR count). The normalized spacial score (nSPS) is 14.1. The molecule has 0 saturated carbocycles. The zero-order valence-corrected chi connectivity index (χ0v) is 19.5. The van der Waals surface area contributed by atoms with Crippen molar-refractivity contribution in [3.05, 3.63) is 36.0 Å². The second-order valence-corrected chi connectivity index (χ2v) is 8.14. The van der Waals surface area contributed by atoms with Gasteiger partial charge in [0, 0.05) is 23.5 Å². The number of fused-ring (bicyclic) bond motifs is 1. The van der Waals surface area contributed by atoms with Crippen LogP contribution < -0.4 is 27.4 Å². The molecular formula is C22H28N6O9. The van der Waals surface area contributed by atoms with Crippen LogP contribution in [0.3, 0.4) is 0 Å². The number of nitrogens with one attached hydrogen (secondary N) is 4. The average Bonchev–Trinajstić information content (AvgIpc) is 3.24. The lowest BCUT2D eigenvalue weighted by Crippen LogP contribution is -2.58. The van der Waals surface area contributed by atoms with Gasteiger partial charge in [-0.25, -0.2) is 4.79 Å². The number of carboxylic acid groups (broad SMARTS) is 2. The molecule has 1 heterocycles. The molecule has 15 nitrogen and oxygen atoms in total. The molecule has 37 heavy (non-hydrogen) atoms. The lowest BCUT2D eigenvalue weighted by Gasteiger charge is -2.24. The van der Waals surface area contributed by atoms with Crippen LogP contribution in [-0.4, -0.2) is 86.6 Å². The molecule has 15 heteroatoms. The number of hydrogen-bond acceptors (Lipinski definition) is 8. The first-order chi connectivity index (χ1) is 17.4. The van der Waals surface area contributed by atoms with E-state index >= 15 is 0 Å². The molecule has 1 aromatic heterocycles. The summed E-state index contributed by atoms with van der Waals surface area (Å²) in [5.41, 5.74) is 12.1. The summed E-state index contributed by atoms with van der Waals surface area (Å²) < 4.78 is 0. The fourth-order valence-electron chi connectivity index (χ4n) is 3.42. The number of aliphatic carboxylic acids is 2. The molecule has 4 unspecified atom stereocenters. The summed E-state index contributed by atoms with van der Waals surface area (Å²) in [5, 5.41) is 34.5. The summed E-state index contributed by atoms with van der Waals surface area (Å²) in [4.78, 5) is 74.9. The maximum Gasteiger partial charge on any atom is 0.326 e. The number of aliphatic hydroxyl groups excluding tert-OH is 1. The van der Waals surface area contributed by atoms with Gasteiger partial charge in [0.1, 0.15) is 24.2 Å². The highest BCUT2D eigenvalue weighted by Crippen LogP contribution is 2.19. The quantitative estimate of drug-likeness (QED) is 0.121. The molecule has 4 amide bonds. The first-order valence-corrected chi connectivity index (χ1v) is 11.0. The standard InChI is InChI=1S/C22H28N6O9/c23-12(9-29)19(33)26-14(5-10-8-25-13-4-2-1-3-11(10)13)20(34)27-15(6-17(24)30)21(35)28-16(22(36)37)7-18(31)32/h1-4,8,12,14-16,25,29H,5-7,9,23H2,(H2,24,30)(H,26,33)(H,27,34)(H,28,35)(H,31,32)(H,36,37). The average molecular weight is 520 g/mol. The first kappa shape index (κ1) is 28.7. The number of aromatic nitrogens is 1. The lowest BCUT2D eigenvalue weighted by atomic mass is 10.0. The van der Waals surface area contributed by atoms with E-state index in [0.717, 1.165) is 10.9 Å². The van der Waals surface area contributed by atoms with E-state index in [2.05, 4.69) is 15.6 Å². The molecule has 0 saturated heterocycles. The van der Waals surface area contributed by atoms with E-state index < -0.39 is 79.2 Å². The SMILES string of the molecule is NC(=O)CC(NC(=O)C(Cc1c[nH]c2ccccc12)NC(=O)C(N)CO)C(=O)NC(CC(=O)O)C(=O)O. The highest BCUT2D eigenvalue weighted by Gasteiger charge is 2.32. The number of nitrogens with two attached hydrogens (primary N) is 2. The monoisotopic (exact) mass is 520 g/mol. The fraction of sp³-hybridized carbons (Fsp3) is 0.364. The summed E-state index contributed by atoms with van der Waals surface area (Å²) in [6.07, 6.45) is -0.195. The Morgan fingerprint density at radius 3 is 2.05 bits per heavy atom. The predicted octanol–water partition coefficient (Wildman–Crippen LogP) is -3.08. The number of primary amides is 1. The minimum Gasteiger partial charge on any atom is -0.481 e. The van der Waals surface area contributed by atoms with Crippen LogP contribution in [0.1, 0.15) is 18.4 Å².